The van der Waals surface area contributed by atoms with Crippen LogP contribution in [0.4, 0.5) is 5.69 Å². The molecule has 6 nitrogen and oxygen atoms in total. The number of nitrogens with zero attached hydrogens (tertiary/aromatic N) is 3. The van der Waals surface area contributed by atoms with Crippen molar-refractivity contribution < 1.29 is 13.2 Å². The molecule has 0 spiro atoms. The van der Waals surface area contributed by atoms with E-state index in [2.05, 4.69) is 6.07 Å². The third-order valence-electron chi connectivity index (χ3n) is 6.22. The number of sulfonamides is 1. The molecule has 0 radical (unpaired) electrons. The highest BCUT2D eigenvalue weighted by atomic mass is 32.2. The molecule has 1 saturated carbocycles. The summed E-state index contributed by atoms with van der Waals surface area (Å²) in [5.74, 6) is -0.118. The Morgan fingerprint density at radius 3 is 2.41 bits per heavy atom. The predicted molar refractivity (Wildman–Crippen MR) is 102 cm³/mol. The van der Waals surface area contributed by atoms with Gasteiger partial charge in [-0.05, 0) is 55.9 Å². The van der Waals surface area contributed by atoms with Gasteiger partial charge in [-0.3, -0.25) is 4.79 Å². The molecule has 4 rings (SSSR count). The summed E-state index contributed by atoms with van der Waals surface area (Å²) >= 11 is 0. The van der Waals surface area contributed by atoms with Gasteiger partial charge in [-0.1, -0.05) is 19.3 Å². The van der Waals surface area contributed by atoms with E-state index < -0.39 is 15.4 Å². The van der Waals surface area contributed by atoms with Crippen molar-refractivity contribution in [2.45, 2.75) is 56.3 Å². The number of carbonyl (C=O) groups is 1. The Kier molecular flexibility index (Phi) is 4.73. The number of piperidine rings is 1. The summed E-state index contributed by atoms with van der Waals surface area (Å²) in [5.41, 5.74) is 0.742. The monoisotopic (exact) mass is 387 g/mol. The summed E-state index contributed by atoms with van der Waals surface area (Å²) in [6, 6.07) is 7.35. The van der Waals surface area contributed by atoms with Gasteiger partial charge in [0.15, 0.2) is 0 Å². The first-order chi connectivity index (χ1) is 13.0. The fourth-order valence-corrected chi connectivity index (χ4v) is 6.18. The molecule has 2 aliphatic heterocycles. The maximum absolute atomic E-state index is 13.1. The minimum Gasteiger partial charge on any atom is -0.310 e. The van der Waals surface area contributed by atoms with E-state index in [1.54, 1.807) is 27.4 Å². The highest BCUT2D eigenvalue weighted by Gasteiger charge is 2.45. The minimum absolute atomic E-state index is 0.118. The van der Waals surface area contributed by atoms with Crippen molar-refractivity contribution in [3.63, 3.8) is 0 Å². The number of fused-ring (bicyclic) bond motifs is 1. The lowest BCUT2D eigenvalue weighted by molar-refractivity contribution is -0.125. The average Bonchev–Trinajstić information content (AvgIpc) is 3.35. The van der Waals surface area contributed by atoms with Crippen molar-refractivity contribution in [1.29, 1.82) is 5.26 Å². The summed E-state index contributed by atoms with van der Waals surface area (Å²) in [5, 5.41) is 9.61. The van der Waals surface area contributed by atoms with E-state index in [-0.39, 0.29) is 5.91 Å². The van der Waals surface area contributed by atoms with Crippen LogP contribution in [-0.4, -0.2) is 38.3 Å². The van der Waals surface area contributed by atoms with E-state index in [0.717, 1.165) is 43.4 Å². The molecule has 1 amide bonds. The summed E-state index contributed by atoms with van der Waals surface area (Å²) in [6.07, 6.45) is 6.58. The quantitative estimate of drug-likeness (QED) is 0.799. The molecule has 0 aromatic heterocycles. The average molecular weight is 388 g/mol. The van der Waals surface area contributed by atoms with Crippen LogP contribution in [0.3, 0.4) is 0 Å². The molecule has 0 unspecified atom stereocenters. The first-order valence-corrected chi connectivity index (χ1v) is 11.3. The summed E-state index contributed by atoms with van der Waals surface area (Å²) in [4.78, 5) is 15.1. The zero-order chi connectivity index (χ0) is 19.1. The first kappa shape index (κ1) is 18.5. The van der Waals surface area contributed by atoms with E-state index in [0.29, 0.717) is 43.8 Å². The van der Waals surface area contributed by atoms with Gasteiger partial charge < -0.3 is 4.90 Å². The largest absolute Gasteiger partial charge is 0.310 e. The summed E-state index contributed by atoms with van der Waals surface area (Å²) in [7, 11) is -3.48. The summed E-state index contributed by atoms with van der Waals surface area (Å²) < 4.78 is 27.4. The van der Waals surface area contributed by atoms with Crippen LogP contribution in [-0.2, 0) is 21.2 Å². The Balaban J connectivity index is 1.61. The second-order valence-corrected chi connectivity index (χ2v) is 9.80. The van der Waals surface area contributed by atoms with Gasteiger partial charge >= 0.3 is 0 Å². The molecule has 27 heavy (non-hydrogen) atoms. The molecule has 144 valence electrons. The van der Waals surface area contributed by atoms with E-state index in [9.17, 15) is 18.5 Å². The molecule has 0 atom stereocenters. The number of amides is 1. The molecule has 1 aliphatic carbocycles. The van der Waals surface area contributed by atoms with Crippen LogP contribution < -0.4 is 4.90 Å². The minimum atomic E-state index is -3.48. The lowest BCUT2D eigenvalue weighted by atomic mass is 9.86. The lowest BCUT2D eigenvalue weighted by Gasteiger charge is -2.27. The molecular weight excluding hydrogens is 362 g/mol. The Morgan fingerprint density at radius 2 is 1.74 bits per heavy atom. The van der Waals surface area contributed by atoms with Crippen LogP contribution in [0.2, 0.25) is 0 Å². The molecule has 7 heteroatoms. The maximum atomic E-state index is 13.1. The summed E-state index contributed by atoms with van der Waals surface area (Å²) in [6.45, 7) is 1.67. The van der Waals surface area contributed by atoms with E-state index in [1.165, 1.54) is 0 Å². The van der Waals surface area contributed by atoms with Crippen LogP contribution in [0.15, 0.2) is 23.1 Å². The van der Waals surface area contributed by atoms with Crippen molar-refractivity contribution >= 4 is 21.6 Å². The number of benzene rings is 1. The molecule has 0 bridgehead atoms. The number of nitriles is 1. The maximum Gasteiger partial charge on any atom is 0.247 e. The Bertz CT molecular complexity index is 892. The normalized spacial score (nSPS) is 22.4. The van der Waals surface area contributed by atoms with Crippen molar-refractivity contribution in [2.24, 2.45) is 5.41 Å². The van der Waals surface area contributed by atoms with Gasteiger partial charge in [0.1, 0.15) is 5.41 Å². The van der Waals surface area contributed by atoms with Crippen molar-refractivity contribution in [1.82, 2.24) is 4.31 Å². The lowest BCUT2D eigenvalue weighted by Crippen LogP contribution is -2.41. The van der Waals surface area contributed by atoms with Crippen molar-refractivity contribution in [3.8, 4) is 6.07 Å². The van der Waals surface area contributed by atoms with E-state index in [4.69, 9.17) is 0 Å². The number of hydrogen-bond donors (Lipinski definition) is 0. The zero-order valence-corrected chi connectivity index (χ0v) is 16.3. The number of carbonyl (C=O) groups excluding carboxylic acids is 1. The van der Waals surface area contributed by atoms with Crippen LogP contribution >= 0.6 is 0 Å². The Hall–Kier alpha value is -1.91. The molecule has 0 N–H and O–H groups in total. The molecule has 1 aromatic rings. The van der Waals surface area contributed by atoms with Gasteiger partial charge in [0.2, 0.25) is 15.9 Å². The Morgan fingerprint density at radius 1 is 1.04 bits per heavy atom. The molecule has 1 aromatic carbocycles. The second kappa shape index (κ2) is 6.92. The Labute approximate surface area is 160 Å². The molecule has 2 fully saturated rings. The molecule has 2 heterocycles. The van der Waals surface area contributed by atoms with Crippen LogP contribution in [0.1, 0.15) is 50.5 Å². The van der Waals surface area contributed by atoms with Crippen LogP contribution in [0.5, 0.6) is 0 Å². The standard InChI is InChI=1S/C20H25N3O3S/c21-15-20(9-2-3-10-20)19(24)23-13-8-16-14-17(6-7-18(16)23)27(25,26)22-11-4-1-5-12-22/h6-7,14H,1-5,8-13H2. The SMILES string of the molecule is N#CC1(C(=O)N2CCc3cc(S(=O)(=O)N4CCCCC4)ccc32)CCCC1. The van der Waals surface area contributed by atoms with Gasteiger partial charge in [-0.15, -0.1) is 0 Å². The highest BCUT2D eigenvalue weighted by molar-refractivity contribution is 7.89. The van der Waals surface area contributed by atoms with Gasteiger partial charge in [0, 0.05) is 25.3 Å². The third-order valence-corrected chi connectivity index (χ3v) is 8.12. The second-order valence-electron chi connectivity index (χ2n) is 7.86. The highest BCUT2D eigenvalue weighted by Crippen LogP contribution is 2.42. The third kappa shape index (κ3) is 3.05. The van der Waals surface area contributed by atoms with Gasteiger partial charge in [0.05, 0.1) is 11.0 Å². The topological polar surface area (TPSA) is 81.5 Å². The molecular formula is C20H25N3O3S. The zero-order valence-electron chi connectivity index (χ0n) is 15.5. The van der Waals surface area contributed by atoms with E-state index >= 15 is 0 Å². The van der Waals surface area contributed by atoms with E-state index in [1.807, 2.05) is 0 Å². The number of hydrogen-bond acceptors (Lipinski definition) is 4. The number of rotatable bonds is 3. The smallest absolute Gasteiger partial charge is 0.247 e. The predicted octanol–water partition coefficient (Wildman–Crippen LogP) is 2.83. The van der Waals surface area contributed by atoms with Crippen molar-refractivity contribution in [3.05, 3.63) is 23.8 Å². The van der Waals surface area contributed by atoms with Gasteiger partial charge in [-0.25, -0.2) is 8.42 Å². The first-order valence-electron chi connectivity index (χ1n) is 9.84. The molecule has 1 saturated heterocycles. The fraction of sp³-hybridized carbons (Fsp3) is 0.600. The fourth-order valence-electron chi connectivity index (χ4n) is 4.61. The van der Waals surface area contributed by atoms with Crippen molar-refractivity contribution in [2.75, 3.05) is 24.5 Å². The van der Waals surface area contributed by atoms with Crippen LogP contribution in [0.25, 0.3) is 0 Å². The van der Waals surface area contributed by atoms with Crippen LogP contribution in [0, 0.1) is 16.7 Å². The number of anilines is 1. The van der Waals surface area contributed by atoms with Gasteiger partial charge in [-0.2, -0.15) is 9.57 Å². The van der Waals surface area contributed by atoms with Gasteiger partial charge in [0.25, 0.3) is 0 Å². The molecule has 3 aliphatic rings.